The maximum absolute atomic E-state index is 15.8. The van der Waals surface area contributed by atoms with E-state index in [0.717, 1.165) is 0 Å². The van der Waals surface area contributed by atoms with Crippen LogP contribution in [0.1, 0.15) is 43.1 Å². The molecule has 0 spiro atoms. The van der Waals surface area contributed by atoms with Gasteiger partial charge in [-0.2, -0.15) is 0 Å². The number of fused-ring (bicyclic) bond motifs is 1. The van der Waals surface area contributed by atoms with Gasteiger partial charge in [0.25, 0.3) is 5.91 Å². The molecule has 198 valence electrons. The van der Waals surface area contributed by atoms with Crippen LogP contribution in [-0.2, 0) is 16.6 Å². The Kier molecular flexibility index (Phi) is 7.38. The third kappa shape index (κ3) is 4.45. The Balaban J connectivity index is 1.74. The van der Waals surface area contributed by atoms with Gasteiger partial charge in [-0.3, -0.25) is 9.59 Å². The van der Waals surface area contributed by atoms with E-state index in [1.807, 2.05) is 36.4 Å². The molecule has 1 amide bonds. The summed E-state index contributed by atoms with van der Waals surface area (Å²) in [4.78, 5) is 41.5. The number of nitrogens with zero attached hydrogens (tertiary/aromatic N) is 2. The van der Waals surface area contributed by atoms with E-state index in [1.54, 1.807) is 24.3 Å². The molecule has 0 N–H and O–H groups in total. The second-order valence-corrected chi connectivity index (χ2v) is 10.1. The van der Waals surface area contributed by atoms with Gasteiger partial charge in [0.1, 0.15) is 12.1 Å². The highest BCUT2D eigenvalue weighted by molar-refractivity contribution is 6.34. The molecule has 0 bridgehead atoms. The molecule has 2 aromatic carbocycles. The van der Waals surface area contributed by atoms with Crippen molar-refractivity contribution in [1.82, 2.24) is 9.88 Å². The Morgan fingerprint density at radius 3 is 2.72 bits per heavy atom. The van der Waals surface area contributed by atoms with Crippen molar-refractivity contribution < 1.29 is 23.5 Å². The first-order valence-corrected chi connectivity index (χ1v) is 13.0. The molecule has 9 heteroatoms. The number of aromatic nitrogens is 1. The summed E-state index contributed by atoms with van der Waals surface area (Å²) in [5.74, 6) is -1.15. The van der Waals surface area contributed by atoms with Crippen LogP contribution in [0.25, 0.3) is 5.57 Å². The number of pyridine rings is 1. The number of hydrogen-bond donors (Lipinski definition) is 0. The van der Waals surface area contributed by atoms with Gasteiger partial charge in [0, 0.05) is 11.6 Å². The number of allylic oxidation sites excluding steroid dienone is 4. The highest BCUT2D eigenvalue weighted by atomic mass is 35.5. The fraction of sp³-hybridized carbons (Fsp3) is 0.200. The highest BCUT2D eigenvalue weighted by Crippen LogP contribution is 2.49. The number of methoxy groups -OCH3 is 1. The number of carbonyl (C=O) groups excluding carboxylic acids is 3. The second kappa shape index (κ2) is 10.8. The monoisotopic (exact) mass is 564 g/mol. The molecule has 0 radical (unpaired) electrons. The molecule has 1 aliphatic carbocycles. The molecule has 3 aromatic rings. The van der Waals surface area contributed by atoms with Gasteiger partial charge in [0.05, 0.1) is 41.3 Å². The zero-order chi connectivity index (χ0) is 27.7. The van der Waals surface area contributed by atoms with Gasteiger partial charge in [0.2, 0.25) is 5.88 Å². The lowest BCUT2D eigenvalue weighted by atomic mass is 9.68. The quantitative estimate of drug-likeness (QED) is 0.282. The highest BCUT2D eigenvalue weighted by Gasteiger charge is 2.46. The zero-order valence-electron chi connectivity index (χ0n) is 20.9. The van der Waals surface area contributed by atoms with Crippen LogP contribution in [-0.4, -0.2) is 53.9 Å². The van der Waals surface area contributed by atoms with Crippen molar-refractivity contribution in [1.29, 1.82) is 0 Å². The van der Waals surface area contributed by atoms with Crippen molar-refractivity contribution in [2.45, 2.75) is 17.2 Å². The van der Waals surface area contributed by atoms with Crippen molar-refractivity contribution in [3.8, 4) is 5.88 Å². The second-order valence-electron chi connectivity index (χ2n) is 9.27. The number of ether oxygens (including phenoxy) is 1. The molecule has 1 aromatic heterocycles. The molecule has 39 heavy (non-hydrogen) atoms. The first-order valence-electron chi connectivity index (χ1n) is 12.2. The van der Waals surface area contributed by atoms with E-state index in [-0.39, 0.29) is 30.1 Å². The lowest BCUT2D eigenvalue weighted by Crippen LogP contribution is -2.41. The van der Waals surface area contributed by atoms with Crippen molar-refractivity contribution in [3.63, 3.8) is 0 Å². The summed E-state index contributed by atoms with van der Waals surface area (Å²) in [7, 11) is 1.41. The van der Waals surface area contributed by atoms with E-state index in [1.165, 1.54) is 18.1 Å². The van der Waals surface area contributed by atoms with Gasteiger partial charge in [0.15, 0.2) is 6.29 Å². The molecule has 6 nitrogen and oxygen atoms in total. The van der Waals surface area contributed by atoms with Crippen LogP contribution in [0.15, 0.2) is 66.8 Å². The smallest absolute Gasteiger partial charge is 0.257 e. The Bertz CT molecular complexity index is 1550. The van der Waals surface area contributed by atoms with E-state index in [2.05, 4.69) is 4.98 Å². The van der Waals surface area contributed by atoms with Crippen LogP contribution in [0.4, 0.5) is 4.39 Å². The van der Waals surface area contributed by atoms with Gasteiger partial charge in [-0.1, -0.05) is 54.1 Å². The van der Waals surface area contributed by atoms with Crippen LogP contribution < -0.4 is 4.74 Å². The third-order valence-electron chi connectivity index (χ3n) is 7.22. The minimum Gasteiger partial charge on any atom is -0.480 e. The van der Waals surface area contributed by atoms with Gasteiger partial charge >= 0.3 is 0 Å². The van der Waals surface area contributed by atoms with Gasteiger partial charge in [-0.15, -0.1) is 11.6 Å². The number of halogens is 3. The minimum atomic E-state index is -1.22. The first kappa shape index (κ1) is 26.8. The number of benzene rings is 2. The largest absolute Gasteiger partial charge is 0.480 e. The number of carbonyl (C=O) groups is 3. The molecule has 1 aliphatic heterocycles. The topological polar surface area (TPSA) is 76.6 Å². The van der Waals surface area contributed by atoms with Gasteiger partial charge in [-0.25, -0.2) is 9.37 Å². The SMILES string of the molecule is COc1nc(C2(c3cc(F)c4c(c3)CCN(CC=O)C4=O)C=CC=C(c3ccccc3Cl)C2Cl)ccc1C=O. The first-order chi connectivity index (χ1) is 18.8. The summed E-state index contributed by atoms with van der Waals surface area (Å²) in [5.41, 5.74) is 1.77. The summed E-state index contributed by atoms with van der Waals surface area (Å²) in [6.45, 7) is 0.181. The molecule has 0 saturated carbocycles. The fourth-order valence-corrected chi connectivity index (χ4v) is 6.04. The third-order valence-corrected chi connectivity index (χ3v) is 8.13. The Hall–Kier alpha value is -3.81. The summed E-state index contributed by atoms with van der Waals surface area (Å²) in [6.07, 6.45) is 7.12. The Morgan fingerprint density at radius 2 is 2.00 bits per heavy atom. The number of alkyl halides is 1. The van der Waals surface area contributed by atoms with E-state index < -0.39 is 22.5 Å². The molecular weight excluding hydrogens is 542 g/mol. The van der Waals surface area contributed by atoms with E-state index in [0.29, 0.717) is 52.0 Å². The van der Waals surface area contributed by atoms with Crippen LogP contribution >= 0.6 is 23.2 Å². The standard InChI is InChI=1S/C30H23Cl2FN2O4/c1-39-28-19(17-37)8-9-25(34-28)30(11-4-6-22(27(30)32)21-5-2-3-7-23(21)31)20-15-18-10-12-35(13-14-36)29(38)26(18)24(33)16-20/h2-9,11,14-17,27H,10,12-13H2,1H3. The molecule has 5 rings (SSSR count). The fourth-order valence-electron chi connectivity index (χ4n) is 5.30. The molecule has 0 saturated heterocycles. The van der Waals surface area contributed by atoms with E-state index in [9.17, 15) is 14.4 Å². The van der Waals surface area contributed by atoms with Crippen LogP contribution in [0.5, 0.6) is 5.88 Å². The molecular formula is C30H23Cl2FN2O4. The molecule has 2 aliphatic rings. The molecule has 0 fully saturated rings. The van der Waals surface area contributed by atoms with Crippen LogP contribution in [0.2, 0.25) is 5.02 Å². The number of aldehydes is 2. The summed E-state index contributed by atoms with van der Waals surface area (Å²) in [6, 6.07) is 13.6. The summed E-state index contributed by atoms with van der Waals surface area (Å²) < 4.78 is 21.2. The Labute approximate surface area is 234 Å². The average Bonchev–Trinajstić information content (AvgIpc) is 2.94. The van der Waals surface area contributed by atoms with Crippen molar-refractivity contribution in [2.75, 3.05) is 20.2 Å². The van der Waals surface area contributed by atoms with E-state index in [4.69, 9.17) is 27.9 Å². The molecule has 2 heterocycles. The van der Waals surface area contributed by atoms with Gasteiger partial charge in [-0.05, 0) is 52.9 Å². The maximum atomic E-state index is 15.8. The van der Waals surface area contributed by atoms with E-state index >= 15 is 4.39 Å². The summed E-state index contributed by atoms with van der Waals surface area (Å²) >= 11 is 13.9. The van der Waals surface area contributed by atoms with Crippen molar-refractivity contribution in [3.05, 3.63) is 111 Å². The van der Waals surface area contributed by atoms with Crippen molar-refractivity contribution >= 4 is 47.3 Å². The lowest BCUT2D eigenvalue weighted by molar-refractivity contribution is -0.108. The number of rotatable bonds is 7. The maximum Gasteiger partial charge on any atom is 0.257 e. The van der Waals surface area contributed by atoms with Crippen molar-refractivity contribution in [2.24, 2.45) is 0 Å². The number of amides is 1. The predicted molar refractivity (Wildman–Crippen MR) is 147 cm³/mol. The normalized spacial score (nSPS) is 20.3. The van der Waals surface area contributed by atoms with Gasteiger partial charge < -0.3 is 14.4 Å². The molecule has 2 unspecified atom stereocenters. The zero-order valence-corrected chi connectivity index (χ0v) is 22.4. The number of hydrogen-bond acceptors (Lipinski definition) is 5. The van der Waals surface area contributed by atoms with Crippen LogP contribution in [0.3, 0.4) is 0 Å². The minimum absolute atomic E-state index is 0.0587. The lowest BCUT2D eigenvalue weighted by Gasteiger charge is -2.40. The summed E-state index contributed by atoms with van der Waals surface area (Å²) in [5, 5.41) is -0.317. The average molecular weight is 565 g/mol. The molecule has 2 atom stereocenters. The Morgan fingerprint density at radius 1 is 1.21 bits per heavy atom. The predicted octanol–water partition coefficient (Wildman–Crippen LogP) is 5.44. The van der Waals surface area contributed by atoms with Crippen LogP contribution in [0, 0.1) is 5.82 Å².